The van der Waals surface area contributed by atoms with Crippen LogP contribution in [-0.2, 0) is 6.18 Å². The van der Waals surface area contributed by atoms with Gasteiger partial charge in [-0.25, -0.2) is 0 Å². The van der Waals surface area contributed by atoms with Gasteiger partial charge in [-0.15, -0.1) is 0 Å². The van der Waals surface area contributed by atoms with Gasteiger partial charge in [0, 0.05) is 18.0 Å². The lowest BCUT2D eigenvalue weighted by molar-refractivity contribution is -0.137. The molecule has 0 bridgehead atoms. The number of alkyl halides is 3. The summed E-state index contributed by atoms with van der Waals surface area (Å²) in [5.41, 5.74) is -1.11. The Hall–Kier alpha value is -2.77. The molecule has 152 valence electrons. The first-order chi connectivity index (χ1) is 13.1. The molecule has 0 fully saturated rings. The van der Waals surface area contributed by atoms with E-state index in [1.165, 1.54) is 18.3 Å². The largest absolute Gasteiger partial charge is 0.490 e. The number of carbonyl (C=O) groups excluding carboxylic acids is 1. The van der Waals surface area contributed by atoms with Crippen LogP contribution in [0.1, 0.15) is 49.5 Å². The summed E-state index contributed by atoms with van der Waals surface area (Å²) in [7, 11) is 0. The normalized spacial score (nSPS) is 12.7. The van der Waals surface area contributed by atoms with Gasteiger partial charge in [-0.3, -0.25) is 9.59 Å². The SMILES string of the molecule is CCC(CC(C)C)Oc1cc(C(F)(F)F)ccc1C(=O)Nc1cc[nH]c(=O)c1. The van der Waals surface area contributed by atoms with E-state index < -0.39 is 23.2 Å². The molecule has 1 aromatic heterocycles. The van der Waals surface area contributed by atoms with Gasteiger partial charge in [0.25, 0.3) is 5.91 Å². The van der Waals surface area contributed by atoms with Crippen LogP contribution in [0.5, 0.6) is 5.75 Å². The number of halogens is 3. The number of ether oxygens (including phenoxy) is 1. The van der Waals surface area contributed by atoms with Crippen LogP contribution in [0.3, 0.4) is 0 Å². The van der Waals surface area contributed by atoms with E-state index in [4.69, 9.17) is 4.74 Å². The highest BCUT2D eigenvalue weighted by Gasteiger charge is 2.32. The zero-order chi connectivity index (χ0) is 20.9. The van der Waals surface area contributed by atoms with Crippen molar-refractivity contribution < 1.29 is 22.7 Å². The fourth-order valence-corrected chi connectivity index (χ4v) is 2.71. The quantitative estimate of drug-likeness (QED) is 0.703. The van der Waals surface area contributed by atoms with Crippen LogP contribution in [0.25, 0.3) is 0 Å². The smallest absolute Gasteiger partial charge is 0.416 e. The zero-order valence-electron chi connectivity index (χ0n) is 15.9. The third-order valence-corrected chi connectivity index (χ3v) is 4.07. The molecule has 1 heterocycles. The first-order valence-electron chi connectivity index (χ1n) is 8.98. The van der Waals surface area contributed by atoms with E-state index in [9.17, 15) is 22.8 Å². The average molecular weight is 396 g/mol. The molecule has 2 aromatic rings. The molecule has 2 rings (SSSR count). The molecule has 1 amide bonds. The second-order valence-electron chi connectivity index (χ2n) is 6.88. The van der Waals surface area contributed by atoms with Crippen molar-refractivity contribution in [2.75, 3.05) is 5.32 Å². The maximum Gasteiger partial charge on any atom is 0.416 e. The fourth-order valence-electron chi connectivity index (χ4n) is 2.71. The van der Waals surface area contributed by atoms with Crippen molar-refractivity contribution in [3.8, 4) is 5.75 Å². The summed E-state index contributed by atoms with van der Waals surface area (Å²) in [6.07, 6.45) is -2.29. The number of benzene rings is 1. The van der Waals surface area contributed by atoms with E-state index in [1.54, 1.807) is 0 Å². The molecular weight excluding hydrogens is 373 g/mol. The minimum atomic E-state index is -4.56. The molecule has 1 aromatic carbocycles. The van der Waals surface area contributed by atoms with Gasteiger partial charge < -0.3 is 15.0 Å². The van der Waals surface area contributed by atoms with Crippen LogP contribution in [-0.4, -0.2) is 17.0 Å². The number of H-pyrrole nitrogens is 1. The number of hydrogen-bond donors (Lipinski definition) is 2. The van der Waals surface area contributed by atoms with Gasteiger partial charge in [0.1, 0.15) is 5.75 Å². The van der Waals surface area contributed by atoms with Crippen molar-refractivity contribution in [3.05, 3.63) is 58.0 Å². The summed E-state index contributed by atoms with van der Waals surface area (Å²) < 4.78 is 45.2. The van der Waals surface area contributed by atoms with Crippen molar-refractivity contribution in [2.24, 2.45) is 5.92 Å². The highest BCUT2D eigenvalue weighted by molar-refractivity contribution is 6.06. The summed E-state index contributed by atoms with van der Waals surface area (Å²) in [5.74, 6) is -0.512. The number of nitrogens with one attached hydrogen (secondary N) is 2. The van der Waals surface area contributed by atoms with E-state index >= 15 is 0 Å². The van der Waals surface area contributed by atoms with Crippen LogP contribution in [0.2, 0.25) is 0 Å². The van der Waals surface area contributed by atoms with Crippen molar-refractivity contribution in [2.45, 2.75) is 45.9 Å². The number of amides is 1. The molecule has 0 saturated carbocycles. The van der Waals surface area contributed by atoms with Crippen molar-refractivity contribution in [1.29, 1.82) is 0 Å². The first kappa shape index (κ1) is 21.5. The highest BCUT2D eigenvalue weighted by atomic mass is 19.4. The summed E-state index contributed by atoms with van der Waals surface area (Å²) in [6.45, 7) is 5.84. The maximum atomic E-state index is 13.1. The number of rotatable bonds is 7. The molecule has 0 spiro atoms. The third kappa shape index (κ3) is 5.87. The maximum absolute atomic E-state index is 13.1. The van der Waals surface area contributed by atoms with E-state index in [-0.39, 0.29) is 29.0 Å². The van der Waals surface area contributed by atoms with Crippen LogP contribution in [0.15, 0.2) is 41.3 Å². The van der Waals surface area contributed by atoms with E-state index in [0.29, 0.717) is 12.8 Å². The number of aromatic nitrogens is 1. The highest BCUT2D eigenvalue weighted by Crippen LogP contribution is 2.34. The predicted octanol–water partition coefficient (Wildman–Crippen LogP) is 4.85. The van der Waals surface area contributed by atoms with Crippen LogP contribution < -0.4 is 15.6 Å². The van der Waals surface area contributed by atoms with E-state index in [0.717, 1.165) is 18.2 Å². The predicted molar refractivity (Wildman–Crippen MR) is 101 cm³/mol. The minimum absolute atomic E-state index is 0.0320. The Morgan fingerprint density at radius 3 is 2.50 bits per heavy atom. The van der Waals surface area contributed by atoms with Gasteiger partial charge in [-0.2, -0.15) is 13.2 Å². The lowest BCUT2D eigenvalue weighted by atomic mass is 10.0. The van der Waals surface area contributed by atoms with Crippen LogP contribution >= 0.6 is 0 Å². The fraction of sp³-hybridized carbons (Fsp3) is 0.400. The van der Waals surface area contributed by atoms with Gasteiger partial charge in [-0.1, -0.05) is 20.8 Å². The van der Waals surface area contributed by atoms with E-state index in [2.05, 4.69) is 10.3 Å². The molecule has 8 heteroatoms. The Balaban J connectivity index is 2.38. The average Bonchev–Trinajstić information content (AvgIpc) is 2.59. The lowest BCUT2D eigenvalue weighted by Gasteiger charge is -2.22. The zero-order valence-corrected chi connectivity index (χ0v) is 15.9. The molecular formula is C20H23F3N2O3. The summed E-state index contributed by atoms with van der Waals surface area (Å²) in [5, 5.41) is 2.51. The molecule has 0 saturated heterocycles. The number of carbonyl (C=O) groups is 1. The minimum Gasteiger partial charge on any atom is -0.490 e. The van der Waals surface area contributed by atoms with Gasteiger partial charge in [-0.05, 0) is 43.0 Å². The molecule has 5 nitrogen and oxygen atoms in total. The molecule has 0 aliphatic rings. The van der Waals surface area contributed by atoms with Crippen molar-refractivity contribution >= 4 is 11.6 Å². The first-order valence-corrected chi connectivity index (χ1v) is 8.98. The number of hydrogen-bond acceptors (Lipinski definition) is 3. The summed E-state index contributed by atoms with van der Waals surface area (Å²) >= 11 is 0. The Morgan fingerprint density at radius 2 is 1.93 bits per heavy atom. The Labute approximate surface area is 160 Å². The van der Waals surface area contributed by atoms with Gasteiger partial charge in [0.2, 0.25) is 5.56 Å². The van der Waals surface area contributed by atoms with Crippen LogP contribution in [0, 0.1) is 5.92 Å². The third-order valence-electron chi connectivity index (χ3n) is 4.07. The molecule has 0 aliphatic carbocycles. The molecule has 0 aliphatic heterocycles. The number of aromatic amines is 1. The molecule has 1 unspecified atom stereocenters. The van der Waals surface area contributed by atoms with Crippen molar-refractivity contribution in [3.63, 3.8) is 0 Å². The second-order valence-corrected chi connectivity index (χ2v) is 6.88. The van der Waals surface area contributed by atoms with Crippen molar-refractivity contribution in [1.82, 2.24) is 4.98 Å². The monoisotopic (exact) mass is 396 g/mol. The Morgan fingerprint density at radius 1 is 1.21 bits per heavy atom. The Kier molecular flexibility index (Phi) is 6.88. The van der Waals surface area contributed by atoms with Gasteiger partial charge >= 0.3 is 6.18 Å². The number of anilines is 1. The molecule has 2 N–H and O–H groups in total. The van der Waals surface area contributed by atoms with Crippen LogP contribution in [0.4, 0.5) is 18.9 Å². The number of pyridine rings is 1. The summed E-state index contributed by atoms with van der Waals surface area (Å²) in [4.78, 5) is 26.4. The molecule has 0 radical (unpaired) electrons. The lowest BCUT2D eigenvalue weighted by Crippen LogP contribution is -2.22. The summed E-state index contributed by atoms with van der Waals surface area (Å²) in [6, 6.07) is 5.41. The standard InChI is InChI=1S/C20H23F3N2O3/c1-4-15(9-12(2)3)28-17-10-13(20(21,22)23)5-6-16(17)19(27)25-14-7-8-24-18(26)11-14/h5-8,10-12,15H,4,9H2,1-3H3,(H2,24,25,26,27). The second kappa shape index (κ2) is 8.95. The molecule has 28 heavy (non-hydrogen) atoms. The van der Waals surface area contributed by atoms with Gasteiger partial charge in [0.05, 0.1) is 17.2 Å². The van der Waals surface area contributed by atoms with Gasteiger partial charge in [0.15, 0.2) is 0 Å². The molecule has 1 atom stereocenters. The topological polar surface area (TPSA) is 71.2 Å². The van der Waals surface area contributed by atoms with E-state index in [1.807, 2.05) is 20.8 Å². The Bertz CT molecular complexity index is 875.